The van der Waals surface area contributed by atoms with Crippen LogP contribution in [0.3, 0.4) is 0 Å². The van der Waals surface area contributed by atoms with E-state index in [-0.39, 0.29) is 5.97 Å². The highest BCUT2D eigenvalue weighted by Crippen LogP contribution is 1.92. The Morgan fingerprint density at radius 2 is 2.38 bits per heavy atom. The molecule has 3 heteroatoms. The van der Waals surface area contributed by atoms with Gasteiger partial charge in [0.15, 0.2) is 0 Å². The molecule has 0 amide bonds. The van der Waals surface area contributed by atoms with Crippen LogP contribution in [0.1, 0.15) is 26.2 Å². The minimum absolute atomic E-state index is 0.161. The number of methoxy groups -OCH3 is 1. The van der Waals surface area contributed by atoms with Gasteiger partial charge in [0.1, 0.15) is 0 Å². The van der Waals surface area contributed by atoms with Crippen LogP contribution >= 0.6 is 0 Å². The summed E-state index contributed by atoms with van der Waals surface area (Å²) in [4.78, 5) is 10.7. The summed E-state index contributed by atoms with van der Waals surface area (Å²) in [7, 11) is 1.40. The van der Waals surface area contributed by atoms with Gasteiger partial charge in [-0.1, -0.05) is 0 Å². The van der Waals surface area contributed by atoms with Crippen molar-refractivity contribution in [1.29, 1.82) is 0 Å². The molecule has 0 aliphatic rings. The summed E-state index contributed by atoms with van der Waals surface area (Å²) < 4.78 is 4.51. The van der Waals surface area contributed by atoms with Gasteiger partial charge in [-0.15, -0.1) is 12.3 Å². The van der Waals surface area contributed by atoms with Gasteiger partial charge in [0.25, 0.3) is 0 Å². The van der Waals surface area contributed by atoms with E-state index in [1.807, 2.05) is 6.92 Å². The van der Waals surface area contributed by atoms with Crippen LogP contribution in [-0.4, -0.2) is 25.7 Å². The summed E-state index contributed by atoms with van der Waals surface area (Å²) in [5.41, 5.74) is 0. The lowest BCUT2D eigenvalue weighted by atomic mass is 10.2. The molecule has 1 N–H and O–H groups in total. The maximum atomic E-state index is 10.7. The van der Waals surface area contributed by atoms with E-state index >= 15 is 0 Å². The van der Waals surface area contributed by atoms with Gasteiger partial charge in [0.05, 0.1) is 7.11 Å². The standard InChI is InChI=1S/C10H17NO2/c1-4-6-9(2)11-8-5-7-10(12)13-3/h1,9,11H,5-8H2,2-3H3. The van der Waals surface area contributed by atoms with Crippen LogP contribution in [0.15, 0.2) is 0 Å². The van der Waals surface area contributed by atoms with Gasteiger partial charge in [-0.2, -0.15) is 0 Å². The molecule has 0 fully saturated rings. The van der Waals surface area contributed by atoms with Crippen molar-refractivity contribution in [3.8, 4) is 12.3 Å². The Morgan fingerprint density at radius 1 is 1.69 bits per heavy atom. The van der Waals surface area contributed by atoms with E-state index in [1.54, 1.807) is 0 Å². The molecule has 3 nitrogen and oxygen atoms in total. The van der Waals surface area contributed by atoms with Gasteiger partial charge in [-0.05, 0) is 19.9 Å². The van der Waals surface area contributed by atoms with Crippen LogP contribution in [0.2, 0.25) is 0 Å². The van der Waals surface area contributed by atoms with Gasteiger partial charge in [-0.3, -0.25) is 4.79 Å². The molecule has 0 heterocycles. The molecule has 0 aliphatic carbocycles. The molecule has 0 spiro atoms. The number of esters is 1. The Balaban J connectivity index is 3.26. The van der Waals surface area contributed by atoms with Crippen molar-refractivity contribution >= 4 is 5.97 Å². The maximum Gasteiger partial charge on any atom is 0.305 e. The second-order valence-corrected chi connectivity index (χ2v) is 2.94. The summed E-state index contributed by atoms with van der Waals surface area (Å²) >= 11 is 0. The molecular weight excluding hydrogens is 166 g/mol. The topological polar surface area (TPSA) is 38.3 Å². The van der Waals surface area contributed by atoms with Crippen LogP contribution in [0, 0.1) is 12.3 Å². The quantitative estimate of drug-likeness (QED) is 0.378. The highest BCUT2D eigenvalue weighted by atomic mass is 16.5. The third-order valence-corrected chi connectivity index (χ3v) is 1.70. The van der Waals surface area contributed by atoms with Crippen LogP contribution in [-0.2, 0) is 9.53 Å². The van der Waals surface area contributed by atoms with Gasteiger partial charge in [0.2, 0.25) is 0 Å². The van der Waals surface area contributed by atoms with Crippen molar-refractivity contribution in [2.24, 2.45) is 0 Å². The Kier molecular flexibility index (Phi) is 7.04. The first kappa shape index (κ1) is 12.0. The van der Waals surface area contributed by atoms with Crippen LogP contribution in [0.5, 0.6) is 0 Å². The van der Waals surface area contributed by atoms with Crippen LogP contribution in [0.4, 0.5) is 0 Å². The fourth-order valence-corrected chi connectivity index (χ4v) is 0.932. The molecule has 0 aromatic heterocycles. The van der Waals surface area contributed by atoms with Gasteiger partial charge in [0, 0.05) is 18.9 Å². The lowest BCUT2D eigenvalue weighted by Gasteiger charge is -2.09. The Morgan fingerprint density at radius 3 is 2.92 bits per heavy atom. The van der Waals surface area contributed by atoms with Crippen molar-refractivity contribution in [1.82, 2.24) is 5.32 Å². The van der Waals surface area contributed by atoms with Crippen LogP contribution < -0.4 is 5.32 Å². The molecule has 1 unspecified atom stereocenters. The predicted molar refractivity (Wildman–Crippen MR) is 52.2 cm³/mol. The molecule has 0 aliphatic heterocycles. The SMILES string of the molecule is C#CCC(C)NCCCC(=O)OC. The second-order valence-electron chi connectivity index (χ2n) is 2.94. The maximum absolute atomic E-state index is 10.7. The summed E-state index contributed by atoms with van der Waals surface area (Å²) in [6.45, 7) is 2.83. The summed E-state index contributed by atoms with van der Waals surface area (Å²) in [5.74, 6) is 2.41. The van der Waals surface area contributed by atoms with E-state index in [0.29, 0.717) is 12.5 Å². The average molecular weight is 183 g/mol. The number of carbonyl (C=O) groups is 1. The predicted octanol–water partition coefficient (Wildman–Crippen LogP) is 0.941. The third kappa shape index (κ3) is 7.35. The average Bonchev–Trinajstić information content (AvgIpc) is 2.12. The Bertz CT molecular complexity index is 184. The summed E-state index contributed by atoms with van der Waals surface area (Å²) in [6.07, 6.45) is 7.12. The van der Waals surface area contributed by atoms with E-state index < -0.39 is 0 Å². The van der Waals surface area contributed by atoms with Crippen molar-refractivity contribution in [2.75, 3.05) is 13.7 Å². The molecule has 1 atom stereocenters. The van der Waals surface area contributed by atoms with E-state index in [2.05, 4.69) is 16.0 Å². The first-order chi connectivity index (χ1) is 6.20. The van der Waals surface area contributed by atoms with Crippen molar-refractivity contribution < 1.29 is 9.53 Å². The summed E-state index contributed by atoms with van der Waals surface area (Å²) in [6, 6.07) is 0.322. The minimum Gasteiger partial charge on any atom is -0.469 e. The molecule has 0 rings (SSSR count). The van der Waals surface area contributed by atoms with E-state index in [0.717, 1.165) is 19.4 Å². The second kappa shape index (κ2) is 7.63. The zero-order valence-electron chi connectivity index (χ0n) is 8.30. The van der Waals surface area contributed by atoms with Crippen molar-refractivity contribution in [2.45, 2.75) is 32.2 Å². The number of hydrogen-bond acceptors (Lipinski definition) is 3. The fraction of sp³-hybridized carbons (Fsp3) is 0.700. The first-order valence-electron chi connectivity index (χ1n) is 4.44. The highest BCUT2D eigenvalue weighted by Gasteiger charge is 2.01. The van der Waals surface area contributed by atoms with Crippen molar-refractivity contribution in [3.63, 3.8) is 0 Å². The first-order valence-corrected chi connectivity index (χ1v) is 4.44. The molecule has 0 aromatic rings. The molecule has 0 aromatic carbocycles. The smallest absolute Gasteiger partial charge is 0.305 e. The lowest BCUT2D eigenvalue weighted by Crippen LogP contribution is -2.26. The molecule has 0 saturated carbocycles. The largest absolute Gasteiger partial charge is 0.469 e. The number of ether oxygens (including phenoxy) is 1. The molecule has 0 saturated heterocycles. The monoisotopic (exact) mass is 183 g/mol. The van der Waals surface area contributed by atoms with E-state index in [9.17, 15) is 4.79 Å². The highest BCUT2D eigenvalue weighted by molar-refractivity contribution is 5.69. The van der Waals surface area contributed by atoms with Crippen molar-refractivity contribution in [3.05, 3.63) is 0 Å². The fourth-order valence-electron chi connectivity index (χ4n) is 0.932. The van der Waals surface area contributed by atoms with Gasteiger partial charge in [-0.25, -0.2) is 0 Å². The minimum atomic E-state index is -0.161. The van der Waals surface area contributed by atoms with Gasteiger partial charge < -0.3 is 10.1 Å². The lowest BCUT2D eigenvalue weighted by molar-refractivity contribution is -0.140. The number of hydrogen-bond donors (Lipinski definition) is 1. The molecule has 0 radical (unpaired) electrons. The third-order valence-electron chi connectivity index (χ3n) is 1.70. The number of nitrogens with one attached hydrogen (secondary N) is 1. The number of terminal acetylenes is 1. The molecular formula is C10H17NO2. The molecule has 13 heavy (non-hydrogen) atoms. The van der Waals surface area contributed by atoms with Gasteiger partial charge >= 0.3 is 5.97 Å². The molecule has 74 valence electrons. The zero-order chi connectivity index (χ0) is 10.1. The Labute approximate surface area is 79.8 Å². The normalized spacial score (nSPS) is 11.8. The number of carbonyl (C=O) groups excluding carboxylic acids is 1. The Hall–Kier alpha value is -1.01. The molecule has 0 bridgehead atoms. The van der Waals surface area contributed by atoms with E-state index in [4.69, 9.17) is 6.42 Å². The van der Waals surface area contributed by atoms with E-state index in [1.165, 1.54) is 7.11 Å². The van der Waals surface area contributed by atoms with Crippen LogP contribution in [0.25, 0.3) is 0 Å². The number of rotatable bonds is 6. The summed E-state index contributed by atoms with van der Waals surface area (Å²) in [5, 5.41) is 3.21. The zero-order valence-corrected chi connectivity index (χ0v) is 8.30.